The summed E-state index contributed by atoms with van der Waals surface area (Å²) in [6, 6.07) is 14.6. The summed E-state index contributed by atoms with van der Waals surface area (Å²) >= 11 is 6.48. The van der Waals surface area contributed by atoms with Crippen LogP contribution in [-0.2, 0) is 11.4 Å². The maximum Gasteiger partial charge on any atom is 0.247 e. The maximum atomic E-state index is 12.1. The first kappa shape index (κ1) is 24.5. The van der Waals surface area contributed by atoms with Gasteiger partial charge in [0.2, 0.25) is 5.91 Å². The Bertz CT molecular complexity index is 1440. The van der Waals surface area contributed by atoms with Crippen molar-refractivity contribution in [1.29, 1.82) is 0 Å². The summed E-state index contributed by atoms with van der Waals surface area (Å²) in [5.74, 6) is 1.30. The van der Waals surface area contributed by atoms with E-state index in [0.29, 0.717) is 51.2 Å². The lowest BCUT2D eigenvalue weighted by atomic mass is 10.1. The van der Waals surface area contributed by atoms with Crippen LogP contribution in [0.25, 0.3) is 10.9 Å². The molecule has 0 atom stereocenters. The van der Waals surface area contributed by atoms with Gasteiger partial charge in [-0.1, -0.05) is 24.2 Å². The average molecular weight is 517 g/mol. The lowest BCUT2D eigenvalue weighted by Gasteiger charge is -2.36. The predicted octanol–water partition coefficient (Wildman–Crippen LogP) is 4.82. The van der Waals surface area contributed by atoms with Gasteiger partial charge in [0.1, 0.15) is 36.4 Å². The fourth-order valence-corrected chi connectivity index (χ4v) is 4.16. The number of carbonyl (C=O) groups is 1. The van der Waals surface area contributed by atoms with Gasteiger partial charge in [0, 0.05) is 36.4 Å². The molecule has 1 aliphatic rings. The molecule has 4 aromatic rings. The van der Waals surface area contributed by atoms with E-state index in [-0.39, 0.29) is 12.0 Å². The molecule has 5 rings (SSSR count). The number of pyridine rings is 1. The Morgan fingerprint density at radius 1 is 1.16 bits per heavy atom. The molecule has 0 spiro atoms. The van der Waals surface area contributed by atoms with Crippen LogP contribution in [0.4, 0.5) is 17.2 Å². The van der Waals surface area contributed by atoms with Crippen LogP contribution < -0.4 is 20.1 Å². The van der Waals surface area contributed by atoms with Gasteiger partial charge < -0.3 is 20.1 Å². The molecule has 1 saturated heterocycles. The summed E-state index contributed by atoms with van der Waals surface area (Å²) in [7, 11) is 2.03. The van der Waals surface area contributed by atoms with Crippen LogP contribution in [0.1, 0.15) is 5.69 Å². The van der Waals surface area contributed by atoms with Crippen molar-refractivity contribution >= 4 is 45.6 Å². The number of hydrogen-bond acceptors (Lipinski definition) is 8. The van der Waals surface area contributed by atoms with E-state index >= 15 is 0 Å². The number of benzene rings is 2. The molecule has 188 valence electrons. The van der Waals surface area contributed by atoms with Crippen LogP contribution in [-0.4, -0.2) is 52.0 Å². The molecule has 2 aromatic heterocycles. The van der Waals surface area contributed by atoms with E-state index in [1.54, 1.807) is 30.5 Å². The molecule has 37 heavy (non-hydrogen) atoms. The Labute approximate surface area is 219 Å². The lowest BCUT2D eigenvalue weighted by molar-refractivity contribution is -0.111. The van der Waals surface area contributed by atoms with Crippen molar-refractivity contribution in [3.05, 3.63) is 84.4 Å². The van der Waals surface area contributed by atoms with Gasteiger partial charge in [-0.2, -0.15) is 0 Å². The predicted molar refractivity (Wildman–Crippen MR) is 144 cm³/mol. The van der Waals surface area contributed by atoms with E-state index in [2.05, 4.69) is 37.1 Å². The number of carbonyl (C=O) groups excluding carboxylic acids is 1. The number of likely N-dealkylation sites (tertiary alicyclic amines) is 1. The number of hydrogen-bond donors (Lipinski definition) is 2. The Balaban J connectivity index is 1.39. The minimum atomic E-state index is -0.339. The van der Waals surface area contributed by atoms with Crippen molar-refractivity contribution in [2.24, 2.45) is 0 Å². The monoisotopic (exact) mass is 516 g/mol. The van der Waals surface area contributed by atoms with Crippen LogP contribution in [0, 0.1) is 0 Å². The number of nitrogens with one attached hydrogen (secondary N) is 2. The first-order chi connectivity index (χ1) is 18.0. The number of ether oxygens (including phenoxy) is 2. The van der Waals surface area contributed by atoms with Crippen molar-refractivity contribution in [2.75, 3.05) is 30.8 Å². The molecule has 0 radical (unpaired) electrons. The molecule has 10 heteroatoms. The van der Waals surface area contributed by atoms with Crippen molar-refractivity contribution < 1.29 is 14.3 Å². The van der Waals surface area contributed by atoms with Crippen molar-refractivity contribution in [3.63, 3.8) is 0 Å². The van der Waals surface area contributed by atoms with E-state index < -0.39 is 0 Å². The van der Waals surface area contributed by atoms with Gasteiger partial charge in [0.15, 0.2) is 0 Å². The quantitative estimate of drug-likeness (QED) is 0.305. The van der Waals surface area contributed by atoms with Gasteiger partial charge in [0.25, 0.3) is 0 Å². The summed E-state index contributed by atoms with van der Waals surface area (Å²) in [5, 5.41) is 7.26. The Kier molecular flexibility index (Phi) is 7.16. The van der Waals surface area contributed by atoms with E-state index in [1.807, 2.05) is 31.3 Å². The fourth-order valence-electron chi connectivity index (χ4n) is 3.93. The Hall–Kier alpha value is -4.21. The number of anilines is 3. The molecular weight excluding hydrogens is 492 g/mol. The van der Waals surface area contributed by atoms with Crippen LogP contribution in [0.2, 0.25) is 5.02 Å². The Morgan fingerprint density at radius 2 is 2.03 bits per heavy atom. The molecule has 1 fully saturated rings. The minimum absolute atomic E-state index is 0.0433. The first-order valence-corrected chi connectivity index (χ1v) is 12.0. The van der Waals surface area contributed by atoms with Crippen LogP contribution in [0.3, 0.4) is 0 Å². The summed E-state index contributed by atoms with van der Waals surface area (Å²) in [6.45, 7) is 5.48. The van der Waals surface area contributed by atoms with Crippen LogP contribution in [0.15, 0.2) is 73.7 Å². The summed E-state index contributed by atoms with van der Waals surface area (Å²) < 4.78 is 12.0. The third-order valence-electron chi connectivity index (χ3n) is 5.80. The zero-order valence-electron chi connectivity index (χ0n) is 20.1. The molecule has 3 heterocycles. The highest BCUT2D eigenvalue weighted by atomic mass is 35.5. The molecule has 1 amide bonds. The van der Waals surface area contributed by atoms with E-state index in [4.69, 9.17) is 21.1 Å². The molecule has 2 N–H and O–H groups in total. The van der Waals surface area contributed by atoms with Gasteiger partial charge in [-0.15, -0.1) is 0 Å². The molecule has 0 aliphatic carbocycles. The highest BCUT2D eigenvalue weighted by Crippen LogP contribution is 2.36. The van der Waals surface area contributed by atoms with Crippen molar-refractivity contribution in [3.8, 4) is 11.5 Å². The second-order valence-corrected chi connectivity index (χ2v) is 9.03. The second kappa shape index (κ2) is 10.8. The molecule has 9 nitrogen and oxygen atoms in total. The van der Waals surface area contributed by atoms with Gasteiger partial charge in [-0.25, -0.2) is 9.97 Å². The number of amides is 1. The minimum Gasteiger partial charge on any atom is -0.486 e. The smallest absolute Gasteiger partial charge is 0.247 e. The topological polar surface area (TPSA) is 102 Å². The van der Waals surface area contributed by atoms with Crippen molar-refractivity contribution in [1.82, 2.24) is 19.9 Å². The zero-order valence-corrected chi connectivity index (χ0v) is 20.9. The molecule has 0 unspecified atom stereocenters. The van der Waals surface area contributed by atoms with E-state index in [9.17, 15) is 4.79 Å². The van der Waals surface area contributed by atoms with Gasteiger partial charge in [-0.05, 0) is 49.5 Å². The Morgan fingerprint density at radius 3 is 2.76 bits per heavy atom. The van der Waals surface area contributed by atoms with Gasteiger partial charge in [0.05, 0.1) is 21.9 Å². The van der Waals surface area contributed by atoms with Gasteiger partial charge >= 0.3 is 0 Å². The number of halogens is 1. The fraction of sp³-hybridized carbons (Fsp3) is 0.185. The average Bonchev–Trinajstić information content (AvgIpc) is 2.88. The second-order valence-electron chi connectivity index (χ2n) is 8.62. The van der Waals surface area contributed by atoms with Crippen LogP contribution in [0.5, 0.6) is 11.5 Å². The highest BCUT2D eigenvalue weighted by molar-refractivity contribution is 6.32. The number of fused-ring (bicyclic) bond motifs is 1. The van der Waals surface area contributed by atoms with E-state index in [0.717, 1.165) is 18.8 Å². The number of aromatic nitrogens is 3. The standard InChI is InChI=1S/C27H25ClN6O3/c1-3-26(35)33-23-11-20-22(12-25(23)37-19-13-34(2)14-19)30-16-31-27(20)32-17-7-8-24(21(28)10-17)36-15-18-6-4-5-9-29-18/h3-12,16,19H,1,13-15H2,2H3,(H,33,35)(H,30,31,32). The maximum absolute atomic E-state index is 12.1. The van der Waals surface area contributed by atoms with Crippen molar-refractivity contribution in [2.45, 2.75) is 12.7 Å². The molecular formula is C27H25ClN6O3. The zero-order chi connectivity index (χ0) is 25.8. The van der Waals surface area contributed by atoms with Crippen LogP contribution >= 0.6 is 11.6 Å². The summed E-state index contributed by atoms with van der Waals surface area (Å²) in [4.78, 5) is 27.3. The van der Waals surface area contributed by atoms with Gasteiger partial charge in [-0.3, -0.25) is 14.7 Å². The molecule has 0 bridgehead atoms. The highest BCUT2D eigenvalue weighted by Gasteiger charge is 2.26. The largest absolute Gasteiger partial charge is 0.486 e. The molecule has 1 aliphatic heterocycles. The number of rotatable bonds is 9. The number of likely N-dealkylation sites (N-methyl/N-ethyl adjacent to an activating group) is 1. The SMILES string of the molecule is C=CC(=O)Nc1cc2c(Nc3ccc(OCc4ccccn4)c(Cl)c3)ncnc2cc1OC1CN(C)C1. The molecule has 0 saturated carbocycles. The summed E-state index contributed by atoms with van der Waals surface area (Å²) in [5.41, 5.74) is 2.70. The third-order valence-corrected chi connectivity index (χ3v) is 6.10. The number of nitrogens with zero attached hydrogens (tertiary/aromatic N) is 4. The summed E-state index contributed by atoms with van der Waals surface area (Å²) in [6.07, 6.45) is 4.45. The molecule has 2 aromatic carbocycles. The lowest BCUT2D eigenvalue weighted by Crippen LogP contribution is -2.51. The third kappa shape index (κ3) is 5.79. The van der Waals surface area contributed by atoms with E-state index in [1.165, 1.54) is 12.4 Å². The normalized spacial score (nSPS) is 13.6. The first-order valence-electron chi connectivity index (χ1n) is 11.6.